The van der Waals surface area contributed by atoms with E-state index in [0.29, 0.717) is 11.1 Å². The van der Waals surface area contributed by atoms with Crippen molar-refractivity contribution >= 4 is 11.8 Å². The molecule has 1 aliphatic heterocycles. The van der Waals surface area contributed by atoms with Crippen molar-refractivity contribution < 1.29 is 28.2 Å². The monoisotopic (exact) mass is 533 g/mol. The number of aliphatic hydroxyl groups is 1. The number of fused-ring (bicyclic) bond motifs is 1. The van der Waals surface area contributed by atoms with Gasteiger partial charge in [0.2, 0.25) is 5.88 Å². The van der Waals surface area contributed by atoms with Crippen LogP contribution in [0.4, 0.5) is 8.78 Å². The summed E-state index contributed by atoms with van der Waals surface area (Å²) in [5, 5.41) is 9.84. The van der Waals surface area contributed by atoms with E-state index in [1.807, 2.05) is 6.92 Å². The molecule has 3 atom stereocenters. The molecule has 2 heterocycles. The number of hydrogen-bond acceptors (Lipinski definition) is 5. The van der Waals surface area contributed by atoms with Crippen LogP contribution in [0.5, 0.6) is 5.88 Å². The fourth-order valence-corrected chi connectivity index (χ4v) is 4.26. The summed E-state index contributed by atoms with van der Waals surface area (Å²) in [6.45, 7) is 3.72. The Balaban J connectivity index is 1.65. The lowest BCUT2D eigenvalue weighted by atomic mass is 9.99. The highest BCUT2D eigenvalue weighted by atomic mass is 19.1. The first-order valence-electron chi connectivity index (χ1n) is 12.5. The second-order valence-electron chi connectivity index (χ2n) is 9.62. The summed E-state index contributed by atoms with van der Waals surface area (Å²) in [5.74, 6) is 3.82. The van der Waals surface area contributed by atoms with Crippen LogP contribution in [0.1, 0.15) is 45.7 Å². The number of benzene rings is 2. The zero-order chi connectivity index (χ0) is 28.1. The van der Waals surface area contributed by atoms with E-state index in [2.05, 4.69) is 16.8 Å². The molecule has 0 spiro atoms. The van der Waals surface area contributed by atoms with Gasteiger partial charge >= 0.3 is 0 Å². The number of aliphatic hydroxyl groups excluding tert-OH is 1. The van der Waals surface area contributed by atoms with Gasteiger partial charge in [-0.3, -0.25) is 9.59 Å². The van der Waals surface area contributed by atoms with E-state index in [-0.39, 0.29) is 54.3 Å². The highest BCUT2D eigenvalue weighted by molar-refractivity contribution is 5.97. The SMILES string of the molecule is C[C@H]1CN([C@@H](C)CO)C(=O)c2cc(C#Cc3ccc(F)cc3)cnc2O[C@H]1CN(C)C(=O)c1ccccc1F. The van der Waals surface area contributed by atoms with Gasteiger partial charge in [-0.15, -0.1) is 0 Å². The van der Waals surface area contributed by atoms with E-state index < -0.39 is 23.9 Å². The average Bonchev–Trinajstić information content (AvgIpc) is 2.94. The van der Waals surface area contributed by atoms with Crippen LogP contribution in [0, 0.1) is 29.4 Å². The number of carbonyl (C=O) groups is 2. The maximum absolute atomic E-state index is 14.2. The Labute approximate surface area is 226 Å². The molecule has 2 amide bonds. The van der Waals surface area contributed by atoms with Crippen molar-refractivity contribution in [3.8, 4) is 17.7 Å². The average molecular weight is 534 g/mol. The molecule has 0 radical (unpaired) electrons. The minimum Gasteiger partial charge on any atom is -0.472 e. The van der Waals surface area contributed by atoms with Crippen molar-refractivity contribution in [2.75, 3.05) is 26.7 Å². The van der Waals surface area contributed by atoms with Gasteiger partial charge in [-0.1, -0.05) is 30.9 Å². The summed E-state index contributed by atoms with van der Waals surface area (Å²) in [6.07, 6.45) is 0.884. The van der Waals surface area contributed by atoms with Gasteiger partial charge in [-0.2, -0.15) is 0 Å². The number of pyridine rings is 1. The number of hydrogen-bond donors (Lipinski definition) is 1. The van der Waals surface area contributed by atoms with E-state index in [1.54, 1.807) is 43.1 Å². The van der Waals surface area contributed by atoms with Crippen molar-refractivity contribution in [1.29, 1.82) is 0 Å². The Morgan fingerprint density at radius 2 is 1.87 bits per heavy atom. The first kappa shape index (κ1) is 27.7. The minimum atomic E-state index is -0.615. The van der Waals surface area contributed by atoms with Crippen molar-refractivity contribution in [2.45, 2.75) is 26.0 Å². The lowest BCUT2D eigenvalue weighted by Crippen LogP contribution is -2.50. The first-order valence-corrected chi connectivity index (χ1v) is 12.5. The molecule has 0 unspecified atom stereocenters. The van der Waals surface area contributed by atoms with E-state index in [4.69, 9.17) is 4.74 Å². The molecule has 9 heteroatoms. The summed E-state index contributed by atoms with van der Waals surface area (Å²) in [7, 11) is 1.56. The molecule has 1 aromatic heterocycles. The Kier molecular flexibility index (Phi) is 8.57. The maximum Gasteiger partial charge on any atom is 0.259 e. The Morgan fingerprint density at radius 1 is 1.18 bits per heavy atom. The Bertz CT molecular complexity index is 1420. The summed E-state index contributed by atoms with van der Waals surface area (Å²) >= 11 is 0. The van der Waals surface area contributed by atoms with Crippen molar-refractivity contribution in [3.05, 3.63) is 94.7 Å². The number of carbonyl (C=O) groups excluding carboxylic acids is 2. The smallest absolute Gasteiger partial charge is 0.259 e. The third-order valence-corrected chi connectivity index (χ3v) is 6.62. The van der Waals surface area contributed by atoms with Crippen LogP contribution in [-0.4, -0.2) is 70.6 Å². The molecule has 0 aliphatic carbocycles. The van der Waals surface area contributed by atoms with Crippen LogP contribution in [0.15, 0.2) is 60.8 Å². The topological polar surface area (TPSA) is 83.0 Å². The number of ether oxygens (including phenoxy) is 1. The molecule has 2 aromatic carbocycles. The molecule has 4 rings (SSSR count). The number of amides is 2. The molecule has 39 heavy (non-hydrogen) atoms. The number of nitrogens with zero attached hydrogens (tertiary/aromatic N) is 3. The minimum absolute atomic E-state index is 0.0490. The van der Waals surface area contributed by atoms with Gasteiger partial charge in [0.25, 0.3) is 11.8 Å². The third kappa shape index (κ3) is 6.41. The third-order valence-electron chi connectivity index (χ3n) is 6.62. The molecule has 0 fully saturated rings. The molecular formula is C30H29F2N3O4. The number of rotatable bonds is 5. The lowest BCUT2D eigenvalue weighted by Gasteiger charge is -2.37. The van der Waals surface area contributed by atoms with Gasteiger partial charge in [-0.05, 0) is 49.4 Å². The van der Waals surface area contributed by atoms with Gasteiger partial charge in [0.05, 0.1) is 24.8 Å². The fourth-order valence-electron chi connectivity index (χ4n) is 4.26. The van der Waals surface area contributed by atoms with Crippen LogP contribution in [-0.2, 0) is 0 Å². The van der Waals surface area contributed by atoms with Gasteiger partial charge in [0.1, 0.15) is 23.3 Å². The highest BCUT2D eigenvalue weighted by Crippen LogP contribution is 2.27. The maximum atomic E-state index is 14.2. The normalized spacial score (nSPS) is 17.6. The van der Waals surface area contributed by atoms with Gasteiger partial charge < -0.3 is 19.6 Å². The zero-order valence-electron chi connectivity index (χ0n) is 21.9. The van der Waals surface area contributed by atoms with E-state index in [0.717, 1.165) is 0 Å². The highest BCUT2D eigenvalue weighted by Gasteiger charge is 2.35. The summed E-state index contributed by atoms with van der Waals surface area (Å²) in [5.41, 5.74) is 1.16. The van der Waals surface area contributed by atoms with Crippen molar-refractivity contribution in [2.24, 2.45) is 5.92 Å². The lowest BCUT2D eigenvalue weighted by molar-refractivity contribution is 0.0312. The number of halogens is 2. The van der Waals surface area contributed by atoms with Crippen molar-refractivity contribution in [1.82, 2.24) is 14.8 Å². The number of aromatic nitrogens is 1. The van der Waals surface area contributed by atoms with E-state index in [1.165, 1.54) is 41.4 Å². The molecular weight excluding hydrogens is 504 g/mol. The largest absolute Gasteiger partial charge is 0.472 e. The molecule has 0 bridgehead atoms. The van der Waals surface area contributed by atoms with Crippen LogP contribution in [0.25, 0.3) is 0 Å². The summed E-state index contributed by atoms with van der Waals surface area (Å²) in [4.78, 5) is 33.8. The van der Waals surface area contributed by atoms with Crippen molar-refractivity contribution in [3.63, 3.8) is 0 Å². The van der Waals surface area contributed by atoms with E-state index in [9.17, 15) is 23.5 Å². The molecule has 3 aromatic rings. The number of likely N-dealkylation sites (N-methyl/N-ethyl adjacent to an activating group) is 1. The van der Waals surface area contributed by atoms with Gasteiger partial charge in [0, 0.05) is 36.8 Å². The Hall–Kier alpha value is -4.29. The molecule has 1 aliphatic rings. The van der Waals surface area contributed by atoms with Gasteiger partial charge in [0.15, 0.2) is 0 Å². The standard InChI is InChI=1S/C30H29F2N3O4/c1-19-16-35(20(2)18-36)30(38)25-14-22(9-8-21-10-12-23(31)13-11-21)15-33-28(25)39-27(19)17-34(3)29(37)24-6-4-5-7-26(24)32/h4-7,10-15,19-20,27,36H,16-18H2,1-3H3/t19-,20-,27-/m0/s1. The molecule has 202 valence electrons. The second-order valence-corrected chi connectivity index (χ2v) is 9.62. The van der Waals surface area contributed by atoms with Crippen LogP contribution in [0.2, 0.25) is 0 Å². The molecule has 0 saturated carbocycles. The summed E-state index contributed by atoms with van der Waals surface area (Å²) in [6, 6.07) is 12.6. The second kappa shape index (κ2) is 12.0. The van der Waals surface area contributed by atoms with Crippen LogP contribution >= 0.6 is 0 Å². The van der Waals surface area contributed by atoms with E-state index >= 15 is 0 Å². The fraction of sp³-hybridized carbons (Fsp3) is 0.300. The van der Waals surface area contributed by atoms with Crippen LogP contribution < -0.4 is 4.74 Å². The quantitative estimate of drug-likeness (QED) is 0.506. The Morgan fingerprint density at radius 3 is 2.56 bits per heavy atom. The summed E-state index contributed by atoms with van der Waals surface area (Å²) < 4.78 is 33.6. The first-order chi connectivity index (χ1) is 18.7. The molecule has 0 saturated heterocycles. The van der Waals surface area contributed by atoms with Crippen LogP contribution in [0.3, 0.4) is 0 Å². The molecule has 7 nitrogen and oxygen atoms in total. The van der Waals surface area contributed by atoms with Gasteiger partial charge in [-0.25, -0.2) is 13.8 Å². The predicted molar refractivity (Wildman–Crippen MR) is 141 cm³/mol. The molecule has 1 N–H and O–H groups in total. The zero-order valence-corrected chi connectivity index (χ0v) is 21.9. The predicted octanol–water partition coefficient (Wildman–Crippen LogP) is 3.75.